The minimum Gasteiger partial charge on any atom is -0.396 e. The highest BCUT2D eigenvalue weighted by molar-refractivity contribution is 5.94. The van der Waals surface area contributed by atoms with E-state index in [4.69, 9.17) is 5.73 Å². The van der Waals surface area contributed by atoms with E-state index in [0.717, 1.165) is 18.8 Å². The summed E-state index contributed by atoms with van der Waals surface area (Å²) in [4.78, 5) is 12.0. The van der Waals surface area contributed by atoms with Crippen LogP contribution in [-0.4, -0.2) is 11.9 Å². The predicted octanol–water partition coefficient (Wildman–Crippen LogP) is 2.72. The smallest absolute Gasteiger partial charge is 0.251 e. The van der Waals surface area contributed by atoms with E-state index in [0.29, 0.717) is 5.56 Å². The number of halogens is 1. The van der Waals surface area contributed by atoms with Gasteiger partial charge in [-0.1, -0.05) is 19.8 Å². The van der Waals surface area contributed by atoms with Gasteiger partial charge in [0.15, 0.2) is 0 Å². The molecule has 4 heteroatoms. The van der Waals surface area contributed by atoms with Gasteiger partial charge < -0.3 is 11.1 Å². The lowest BCUT2D eigenvalue weighted by molar-refractivity contribution is 0.0932. The molecule has 98 valence electrons. The van der Waals surface area contributed by atoms with Crippen molar-refractivity contribution >= 4 is 11.6 Å². The monoisotopic (exact) mass is 250 g/mol. The molecule has 0 aromatic heterocycles. The third-order valence-corrected chi connectivity index (χ3v) is 3.41. The van der Waals surface area contributed by atoms with E-state index in [9.17, 15) is 9.18 Å². The van der Waals surface area contributed by atoms with Crippen molar-refractivity contribution in [2.24, 2.45) is 5.92 Å². The molecule has 3 nitrogen and oxygen atoms in total. The van der Waals surface area contributed by atoms with Crippen LogP contribution in [0.15, 0.2) is 18.2 Å². The molecule has 1 atom stereocenters. The van der Waals surface area contributed by atoms with Crippen molar-refractivity contribution in [1.82, 2.24) is 5.32 Å². The fraction of sp³-hybridized carbons (Fsp3) is 0.500. The van der Waals surface area contributed by atoms with E-state index in [2.05, 4.69) is 12.2 Å². The number of hydrogen-bond donors (Lipinski definition) is 2. The van der Waals surface area contributed by atoms with Crippen molar-refractivity contribution in [3.63, 3.8) is 0 Å². The topological polar surface area (TPSA) is 55.1 Å². The maximum absolute atomic E-state index is 13.3. The number of carbonyl (C=O) groups excluding carboxylic acids is 1. The normalized spacial score (nSPS) is 16.3. The largest absolute Gasteiger partial charge is 0.396 e. The lowest BCUT2D eigenvalue weighted by Gasteiger charge is -2.16. The van der Waals surface area contributed by atoms with E-state index >= 15 is 0 Å². The Hall–Kier alpha value is -1.58. The Morgan fingerprint density at radius 1 is 1.56 bits per heavy atom. The molecule has 1 fully saturated rings. The molecule has 1 aromatic carbocycles. The average Bonchev–Trinajstić information content (AvgIpc) is 3.15. The number of benzene rings is 1. The van der Waals surface area contributed by atoms with Gasteiger partial charge in [-0.25, -0.2) is 4.39 Å². The van der Waals surface area contributed by atoms with Crippen molar-refractivity contribution in [1.29, 1.82) is 0 Å². The van der Waals surface area contributed by atoms with Gasteiger partial charge >= 0.3 is 0 Å². The molecule has 1 amide bonds. The number of anilines is 1. The summed E-state index contributed by atoms with van der Waals surface area (Å²) in [5, 5.41) is 2.95. The maximum atomic E-state index is 13.3. The predicted molar refractivity (Wildman–Crippen MR) is 69.7 cm³/mol. The molecule has 1 unspecified atom stereocenters. The second-order valence-electron chi connectivity index (χ2n) is 4.99. The van der Waals surface area contributed by atoms with Crippen LogP contribution in [0.3, 0.4) is 0 Å². The molecule has 0 aliphatic heterocycles. The summed E-state index contributed by atoms with van der Waals surface area (Å²) >= 11 is 0. The molecular formula is C14H19FN2O. The van der Waals surface area contributed by atoms with Crippen molar-refractivity contribution in [3.05, 3.63) is 29.6 Å². The highest BCUT2D eigenvalue weighted by atomic mass is 19.1. The van der Waals surface area contributed by atoms with Gasteiger partial charge in [0.1, 0.15) is 5.82 Å². The second-order valence-corrected chi connectivity index (χ2v) is 4.99. The Labute approximate surface area is 107 Å². The summed E-state index contributed by atoms with van der Waals surface area (Å²) in [6.07, 6.45) is 4.46. The fourth-order valence-electron chi connectivity index (χ4n) is 2.02. The van der Waals surface area contributed by atoms with E-state index < -0.39 is 5.82 Å². The van der Waals surface area contributed by atoms with Crippen LogP contribution in [0, 0.1) is 11.7 Å². The molecular weight excluding hydrogens is 231 g/mol. The fourth-order valence-corrected chi connectivity index (χ4v) is 2.02. The first kappa shape index (κ1) is 12.9. The zero-order chi connectivity index (χ0) is 13.1. The molecule has 0 heterocycles. The van der Waals surface area contributed by atoms with Gasteiger partial charge in [0.05, 0.1) is 5.69 Å². The average molecular weight is 250 g/mol. The van der Waals surface area contributed by atoms with Gasteiger partial charge in [-0.3, -0.25) is 4.79 Å². The van der Waals surface area contributed by atoms with Crippen LogP contribution < -0.4 is 11.1 Å². The van der Waals surface area contributed by atoms with Crippen LogP contribution in [0.5, 0.6) is 0 Å². The highest BCUT2D eigenvalue weighted by Gasteiger charge is 2.25. The SMILES string of the molecule is CCC(CC1CC1)NC(=O)c1ccc(N)c(F)c1. The number of nitrogens with one attached hydrogen (secondary N) is 1. The molecule has 1 aliphatic rings. The Morgan fingerprint density at radius 3 is 2.83 bits per heavy atom. The standard InChI is InChI=1S/C14H19FN2O/c1-2-11(7-9-3-4-9)17-14(18)10-5-6-13(16)12(15)8-10/h5-6,8-9,11H,2-4,7,16H2,1H3,(H,17,18). The van der Waals surface area contributed by atoms with Crippen LogP contribution in [0.2, 0.25) is 0 Å². The molecule has 18 heavy (non-hydrogen) atoms. The van der Waals surface area contributed by atoms with Crippen LogP contribution >= 0.6 is 0 Å². The summed E-state index contributed by atoms with van der Waals surface area (Å²) in [5.41, 5.74) is 5.78. The van der Waals surface area contributed by atoms with Crippen molar-refractivity contribution in [2.75, 3.05) is 5.73 Å². The molecule has 1 saturated carbocycles. The number of carbonyl (C=O) groups is 1. The molecule has 1 aliphatic carbocycles. The van der Waals surface area contributed by atoms with E-state index in [1.165, 1.54) is 25.0 Å². The summed E-state index contributed by atoms with van der Waals surface area (Å²) in [7, 11) is 0. The first-order valence-electron chi connectivity index (χ1n) is 6.46. The van der Waals surface area contributed by atoms with E-state index in [1.54, 1.807) is 6.07 Å². The van der Waals surface area contributed by atoms with Crippen molar-refractivity contribution in [2.45, 2.75) is 38.6 Å². The summed E-state index contributed by atoms with van der Waals surface area (Å²) < 4.78 is 13.3. The molecule has 0 saturated heterocycles. The van der Waals surface area contributed by atoms with Crippen LogP contribution in [0.4, 0.5) is 10.1 Å². The number of rotatable bonds is 5. The van der Waals surface area contributed by atoms with Crippen LogP contribution in [-0.2, 0) is 0 Å². The molecule has 2 rings (SSSR count). The lowest BCUT2D eigenvalue weighted by Crippen LogP contribution is -2.34. The quantitative estimate of drug-likeness (QED) is 0.789. The Morgan fingerprint density at radius 2 is 2.28 bits per heavy atom. The van der Waals surface area contributed by atoms with E-state index in [1.807, 2.05) is 0 Å². The summed E-state index contributed by atoms with van der Waals surface area (Å²) in [6, 6.07) is 4.35. The van der Waals surface area contributed by atoms with Gasteiger partial charge in [0.25, 0.3) is 5.91 Å². The van der Waals surface area contributed by atoms with Crippen molar-refractivity contribution in [3.8, 4) is 0 Å². The minimum atomic E-state index is -0.544. The Balaban J connectivity index is 1.98. The molecule has 0 bridgehead atoms. The Kier molecular flexibility index (Phi) is 3.84. The number of amides is 1. The van der Waals surface area contributed by atoms with Gasteiger partial charge in [-0.15, -0.1) is 0 Å². The van der Waals surface area contributed by atoms with Gasteiger partial charge in [0.2, 0.25) is 0 Å². The minimum absolute atomic E-state index is 0.0663. The summed E-state index contributed by atoms with van der Waals surface area (Å²) in [6.45, 7) is 2.05. The molecule has 1 aromatic rings. The van der Waals surface area contributed by atoms with E-state index in [-0.39, 0.29) is 17.6 Å². The highest BCUT2D eigenvalue weighted by Crippen LogP contribution is 2.34. The number of nitrogens with two attached hydrogens (primary N) is 1. The summed E-state index contributed by atoms with van der Waals surface area (Å²) in [5.74, 6) is -0.00213. The van der Waals surface area contributed by atoms with Crippen LogP contribution in [0.25, 0.3) is 0 Å². The van der Waals surface area contributed by atoms with Gasteiger partial charge in [-0.2, -0.15) is 0 Å². The first-order valence-corrected chi connectivity index (χ1v) is 6.46. The second kappa shape index (κ2) is 5.38. The maximum Gasteiger partial charge on any atom is 0.251 e. The third-order valence-electron chi connectivity index (χ3n) is 3.41. The van der Waals surface area contributed by atoms with Gasteiger partial charge in [-0.05, 0) is 37.0 Å². The number of hydrogen-bond acceptors (Lipinski definition) is 2. The molecule has 0 radical (unpaired) electrons. The number of nitrogen functional groups attached to an aromatic ring is 1. The van der Waals surface area contributed by atoms with Crippen molar-refractivity contribution < 1.29 is 9.18 Å². The first-order chi connectivity index (χ1) is 8.60. The van der Waals surface area contributed by atoms with Crippen LogP contribution in [0.1, 0.15) is 43.0 Å². The van der Waals surface area contributed by atoms with Gasteiger partial charge in [0, 0.05) is 11.6 Å². The zero-order valence-corrected chi connectivity index (χ0v) is 10.6. The molecule has 0 spiro atoms. The third kappa shape index (κ3) is 3.22. The Bertz CT molecular complexity index is 443. The molecule has 3 N–H and O–H groups in total. The lowest BCUT2D eigenvalue weighted by atomic mass is 10.1. The zero-order valence-electron chi connectivity index (χ0n) is 10.6.